The van der Waals surface area contributed by atoms with Gasteiger partial charge >= 0.3 is 0 Å². The third kappa shape index (κ3) is 8.31. The smallest absolute Gasteiger partial charge is 0.252 e. The maximum Gasteiger partial charge on any atom is 0.252 e. The molecule has 12 heteroatoms. The molecule has 0 bridgehead atoms. The number of hydrogen-bond donors (Lipinski definition) is 2. The van der Waals surface area contributed by atoms with E-state index in [2.05, 4.69) is 5.32 Å². The van der Waals surface area contributed by atoms with Crippen LogP contribution in [0, 0.1) is 5.82 Å². The molecule has 246 valence electrons. The van der Waals surface area contributed by atoms with Gasteiger partial charge in [0.05, 0.1) is 17.3 Å². The number of nitrogens with one attached hydrogen (secondary N) is 1. The van der Waals surface area contributed by atoms with Crippen LogP contribution in [-0.2, 0) is 25.8 Å². The SMILES string of the molecule is O=C(NCCc1cccc(F)c1)[C@]1(CCS(=O)(=O)c2ccccc2)N=C(c2ccc(OCCCO)cc2)O[C@@H]1c1ccc(Cl)cc1Cl. The van der Waals surface area contributed by atoms with Crippen LogP contribution >= 0.6 is 23.2 Å². The average molecular weight is 700 g/mol. The second-order valence-electron chi connectivity index (χ2n) is 11.0. The van der Waals surface area contributed by atoms with Crippen molar-refractivity contribution in [1.82, 2.24) is 5.32 Å². The van der Waals surface area contributed by atoms with Gasteiger partial charge in [0.25, 0.3) is 5.91 Å². The summed E-state index contributed by atoms with van der Waals surface area (Å²) in [7, 11) is -3.84. The molecule has 0 radical (unpaired) electrons. The van der Waals surface area contributed by atoms with Crippen molar-refractivity contribution in [2.75, 3.05) is 25.5 Å². The van der Waals surface area contributed by atoms with Gasteiger partial charge in [0, 0.05) is 47.2 Å². The zero-order valence-electron chi connectivity index (χ0n) is 25.2. The first-order valence-electron chi connectivity index (χ1n) is 15.0. The fourth-order valence-corrected chi connectivity index (χ4v) is 7.16. The van der Waals surface area contributed by atoms with Crippen molar-refractivity contribution in [3.8, 4) is 5.75 Å². The highest BCUT2D eigenvalue weighted by molar-refractivity contribution is 7.91. The van der Waals surface area contributed by atoms with E-state index in [0.29, 0.717) is 46.9 Å². The number of hydrogen-bond acceptors (Lipinski definition) is 7. The van der Waals surface area contributed by atoms with E-state index in [9.17, 15) is 17.6 Å². The zero-order chi connectivity index (χ0) is 33.4. The second kappa shape index (κ2) is 15.3. The highest BCUT2D eigenvalue weighted by Gasteiger charge is 2.54. The molecule has 8 nitrogen and oxygen atoms in total. The van der Waals surface area contributed by atoms with Gasteiger partial charge in [-0.05, 0) is 72.6 Å². The van der Waals surface area contributed by atoms with Gasteiger partial charge in [0.1, 0.15) is 11.6 Å². The molecule has 5 rings (SSSR count). The zero-order valence-corrected chi connectivity index (χ0v) is 27.6. The standard InChI is InChI=1S/C35H33Cl2FN2O6S/c36-26-12-15-30(31(37)23-26)32-35(17-21-47(43,44)29-8-2-1-3-9-29,34(42)39-18-16-24-6-4-7-27(38)22-24)40-33(46-32)25-10-13-28(14-11-25)45-20-5-19-41/h1-4,6-15,22-23,32,41H,5,16-21H2,(H,39,42)/t32-,35-/m1/s1. The molecule has 0 spiro atoms. The van der Waals surface area contributed by atoms with Gasteiger partial charge in [-0.2, -0.15) is 0 Å². The minimum absolute atomic E-state index is 0.00372. The lowest BCUT2D eigenvalue weighted by molar-refractivity contribution is -0.129. The van der Waals surface area contributed by atoms with Crippen molar-refractivity contribution in [3.05, 3.63) is 130 Å². The van der Waals surface area contributed by atoms with Crippen LogP contribution in [0.25, 0.3) is 0 Å². The Morgan fingerprint density at radius 2 is 1.77 bits per heavy atom. The largest absolute Gasteiger partial charge is 0.494 e. The average Bonchev–Trinajstić information content (AvgIpc) is 3.45. The summed E-state index contributed by atoms with van der Waals surface area (Å²) in [6, 6.07) is 25.6. The Morgan fingerprint density at radius 1 is 1.00 bits per heavy atom. The molecule has 4 aromatic rings. The number of aliphatic hydroxyl groups excluding tert-OH is 1. The van der Waals surface area contributed by atoms with Gasteiger partial charge < -0.3 is 19.9 Å². The monoisotopic (exact) mass is 698 g/mol. The third-order valence-electron chi connectivity index (χ3n) is 7.72. The first-order chi connectivity index (χ1) is 22.6. The van der Waals surface area contributed by atoms with Crippen LogP contribution in [0.3, 0.4) is 0 Å². The van der Waals surface area contributed by atoms with E-state index in [0.717, 1.165) is 0 Å². The number of carbonyl (C=O) groups excluding carboxylic acids is 1. The third-order valence-corrected chi connectivity index (χ3v) is 10.0. The maximum atomic E-state index is 14.3. The van der Waals surface area contributed by atoms with E-state index in [-0.39, 0.29) is 35.4 Å². The number of aliphatic imine (C=N–C) groups is 1. The Kier molecular flexibility index (Phi) is 11.2. The highest BCUT2D eigenvalue weighted by Crippen LogP contribution is 2.45. The van der Waals surface area contributed by atoms with Crippen LogP contribution in [0.4, 0.5) is 4.39 Å². The summed E-state index contributed by atoms with van der Waals surface area (Å²) in [6.45, 7) is 0.463. The van der Waals surface area contributed by atoms with E-state index in [1.54, 1.807) is 66.7 Å². The fraction of sp³-hybridized carbons (Fsp3) is 0.257. The number of rotatable bonds is 14. The molecule has 0 unspecified atom stereocenters. The van der Waals surface area contributed by atoms with Crippen molar-refractivity contribution in [1.29, 1.82) is 0 Å². The summed E-state index contributed by atoms with van der Waals surface area (Å²) in [5.74, 6) is -0.716. The normalized spacial score (nSPS) is 17.5. The van der Waals surface area contributed by atoms with Crippen LogP contribution in [0.1, 0.15) is 35.6 Å². The van der Waals surface area contributed by atoms with Gasteiger partial charge in [0.15, 0.2) is 21.5 Å². The van der Waals surface area contributed by atoms with E-state index < -0.39 is 39.0 Å². The minimum atomic E-state index is -3.84. The molecule has 2 N–H and O–H groups in total. The molecule has 4 aromatic carbocycles. The summed E-state index contributed by atoms with van der Waals surface area (Å²) in [4.78, 5) is 19.3. The highest BCUT2D eigenvalue weighted by atomic mass is 35.5. The minimum Gasteiger partial charge on any atom is -0.494 e. The fourth-order valence-electron chi connectivity index (χ4n) is 5.26. The molecular formula is C35H33Cl2FN2O6S. The molecule has 0 aromatic heterocycles. The Morgan fingerprint density at radius 3 is 2.47 bits per heavy atom. The van der Waals surface area contributed by atoms with Gasteiger partial charge in [-0.25, -0.2) is 17.8 Å². The van der Waals surface area contributed by atoms with Crippen LogP contribution in [0.15, 0.2) is 107 Å². The van der Waals surface area contributed by atoms with E-state index in [1.165, 1.54) is 30.3 Å². The van der Waals surface area contributed by atoms with Crippen molar-refractivity contribution >= 4 is 44.8 Å². The molecule has 2 atom stereocenters. The molecule has 1 aliphatic heterocycles. The van der Waals surface area contributed by atoms with E-state index >= 15 is 0 Å². The lowest BCUT2D eigenvalue weighted by Crippen LogP contribution is -2.49. The number of aliphatic hydroxyl groups is 1. The predicted octanol–water partition coefficient (Wildman–Crippen LogP) is 6.37. The Bertz CT molecular complexity index is 1840. The molecule has 1 aliphatic rings. The number of benzene rings is 4. The first kappa shape index (κ1) is 34.4. The molecular weight excluding hydrogens is 666 g/mol. The molecule has 0 aliphatic carbocycles. The van der Waals surface area contributed by atoms with Crippen LogP contribution in [0.2, 0.25) is 10.0 Å². The molecule has 1 heterocycles. The van der Waals surface area contributed by atoms with Crippen LogP contribution in [0.5, 0.6) is 5.75 Å². The molecule has 47 heavy (non-hydrogen) atoms. The quantitative estimate of drug-likeness (QED) is 0.148. The molecule has 0 saturated carbocycles. The summed E-state index contributed by atoms with van der Waals surface area (Å²) in [6.07, 6.45) is -0.568. The number of ether oxygens (including phenoxy) is 2. The van der Waals surface area contributed by atoms with Crippen molar-refractivity contribution < 1.29 is 32.2 Å². The lowest BCUT2D eigenvalue weighted by atomic mass is 9.85. The number of amides is 1. The number of carbonyl (C=O) groups is 1. The van der Waals surface area contributed by atoms with Crippen molar-refractivity contribution in [2.24, 2.45) is 4.99 Å². The molecule has 1 amide bonds. The Hall–Kier alpha value is -3.96. The predicted molar refractivity (Wildman–Crippen MR) is 179 cm³/mol. The van der Waals surface area contributed by atoms with Gasteiger partial charge in [-0.1, -0.05) is 59.6 Å². The number of halogens is 3. The van der Waals surface area contributed by atoms with Gasteiger partial charge in [-0.15, -0.1) is 0 Å². The lowest BCUT2D eigenvalue weighted by Gasteiger charge is -2.31. The molecule has 0 saturated heterocycles. The van der Waals surface area contributed by atoms with Crippen LogP contribution in [-0.4, -0.2) is 56.4 Å². The maximum absolute atomic E-state index is 14.3. The Labute approximate surface area is 283 Å². The number of sulfone groups is 1. The second-order valence-corrected chi connectivity index (χ2v) is 13.9. The topological polar surface area (TPSA) is 114 Å². The summed E-state index contributed by atoms with van der Waals surface area (Å²) in [5, 5.41) is 12.5. The van der Waals surface area contributed by atoms with E-state index in [4.69, 9.17) is 42.8 Å². The van der Waals surface area contributed by atoms with E-state index in [1.807, 2.05) is 0 Å². The summed E-state index contributed by atoms with van der Waals surface area (Å²) < 4.78 is 52.9. The van der Waals surface area contributed by atoms with Gasteiger partial charge in [0.2, 0.25) is 5.90 Å². The van der Waals surface area contributed by atoms with Crippen molar-refractivity contribution in [3.63, 3.8) is 0 Å². The number of nitrogens with zero attached hydrogens (tertiary/aromatic N) is 1. The first-order valence-corrected chi connectivity index (χ1v) is 17.4. The summed E-state index contributed by atoms with van der Waals surface area (Å²) in [5.41, 5.74) is -0.171. The summed E-state index contributed by atoms with van der Waals surface area (Å²) >= 11 is 12.9. The van der Waals surface area contributed by atoms with Gasteiger partial charge in [-0.3, -0.25) is 4.79 Å². The van der Waals surface area contributed by atoms with Crippen molar-refractivity contribution in [2.45, 2.75) is 35.8 Å². The Balaban J connectivity index is 1.54. The molecule has 0 fully saturated rings. The van der Waals surface area contributed by atoms with Crippen LogP contribution < -0.4 is 10.1 Å².